The molecule has 0 N–H and O–H groups in total. The van der Waals surface area contributed by atoms with Crippen molar-refractivity contribution in [1.82, 2.24) is 4.98 Å². The fourth-order valence-corrected chi connectivity index (χ4v) is 3.84. The number of halogens is 1. The van der Waals surface area contributed by atoms with E-state index in [0.29, 0.717) is 22.6 Å². The van der Waals surface area contributed by atoms with Crippen molar-refractivity contribution in [2.24, 2.45) is 5.41 Å². The molecule has 0 radical (unpaired) electrons. The molecule has 2 heterocycles. The van der Waals surface area contributed by atoms with Gasteiger partial charge in [-0.1, -0.05) is 44.1 Å². The van der Waals surface area contributed by atoms with E-state index >= 15 is 0 Å². The van der Waals surface area contributed by atoms with Gasteiger partial charge in [-0.3, -0.25) is 4.98 Å². The maximum Gasteiger partial charge on any atom is 0.220 e. The van der Waals surface area contributed by atoms with Crippen LogP contribution < -0.4 is 4.74 Å². The van der Waals surface area contributed by atoms with Crippen LogP contribution in [0.25, 0.3) is 10.9 Å². The second-order valence-corrected chi connectivity index (χ2v) is 9.12. The van der Waals surface area contributed by atoms with E-state index in [1.165, 1.54) is 0 Å². The second-order valence-electron chi connectivity index (χ2n) is 7.09. The molecule has 1 atom stereocenters. The summed E-state index contributed by atoms with van der Waals surface area (Å²) >= 11 is 13.3. The lowest BCUT2D eigenvalue weighted by Crippen LogP contribution is -2.16. The molecule has 3 nitrogen and oxygen atoms in total. The molecule has 0 saturated heterocycles. The minimum Gasteiger partial charge on any atom is -0.490 e. The van der Waals surface area contributed by atoms with Crippen molar-refractivity contribution in [2.45, 2.75) is 26.7 Å². The van der Waals surface area contributed by atoms with E-state index in [4.69, 9.17) is 33.3 Å². The van der Waals surface area contributed by atoms with Crippen LogP contribution in [0.15, 0.2) is 24.4 Å². The first kappa shape index (κ1) is 17.8. The van der Waals surface area contributed by atoms with E-state index in [-0.39, 0.29) is 11.3 Å². The molecule has 128 valence electrons. The van der Waals surface area contributed by atoms with E-state index in [2.05, 4.69) is 25.8 Å². The summed E-state index contributed by atoms with van der Waals surface area (Å²) in [6.45, 7) is 7.62. The van der Waals surface area contributed by atoms with Crippen LogP contribution in [-0.4, -0.2) is 28.3 Å². The first-order valence-corrected chi connectivity index (χ1v) is 9.62. The third-order valence-electron chi connectivity index (χ3n) is 3.72. The number of aromatic nitrogens is 1. The molecule has 1 aliphatic heterocycles. The van der Waals surface area contributed by atoms with Gasteiger partial charge in [-0.15, -0.1) is 0 Å². The number of thioether (sulfide) groups is 1. The average molecular weight is 382 g/mol. The van der Waals surface area contributed by atoms with Gasteiger partial charge in [0.05, 0.1) is 18.2 Å². The van der Waals surface area contributed by atoms with Crippen LogP contribution in [0.4, 0.5) is 0 Å². The predicted octanol–water partition coefficient (Wildman–Crippen LogP) is 5.45. The SMILES string of the molecule is CC(C)(C)COC(=S)SCC1COc2c1cc(Cl)c1cccnc21. The highest BCUT2D eigenvalue weighted by Gasteiger charge is 2.28. The predicted molar refractivity (Wildman–Crippen MR) is 105 cm³/mol. The smallest absolute Gasteiger partial charge is 0.220 e. The van der Waals surface area contributed by atoms with E-state index in [1.54, 1.807) is 18.0 Å². The summed E-state index contributed by atoms with van der Waals surface area (Å²) in [7, 11) is 0. The van der Waals surface area contributed by atoms with Crippen LogP contribution in [0.3, 0.4) is 0 Å². The van der Waals surface area contributed by atoms with Crippen molar-refractivity contribution >= 4 is 50.9 Å². The van der Waals surface area contributed by atoms with Crippen LogP contribution in [0.1, 0.15) is 32.3 Å². The fourth-order valence-electron chi connectivity index (χ4n) is 2.55. The van der Waals surface area contributed by atoms with Crippen molar-refractivity contribution in [1.29, 1.82) is 0 Å². The molecule has 6 heteroatoms. The fraction of sp³-hybridized carbons (Fsp3) is 0.444. The zero-order valence-electron chi connectivity index (χ0n) is 14.0. The van der Waals surface area contributed by atoms with Gasteiger partial charge in [0, 0.05) is 28.8 Å². The molecule has 0 aliphatic carbocycles. The van der Waals surface area contributed by atoms with E-state index in [1.807, 2.05) is 18.2 Å². The van der Waals surface area contributed by atoms with Crippen molar-refractivity contribution in [2.75, 3.05) is 19.0 Å². The molecule has 1 unspecified atom stereocenters. The number of ether oxygens (including phenoxy) is 2. The Hall–Kier alpha value is -1.04. The van der Waals surface area contributed by atoms with Gasteiger partial charge in [-0.25, -0.2) is 0 Å². The Morgan fingerprint density at radius 2 is 2.29 bits per heavy atom. The van der Waals surface area contributed by atoms with Crippen molar-refractivity contribution in [3.63, 3.8) is 0 Å². The van der Waals surface area contributed by atoms with Crippen LogP contribution in [0.5, 0.6) is 5.75 Å². The number of hydrogen-bond donors (Lipinski definition) is 0. The number of pyridine rings is 1. The van der Waals surface area contributed by atoms with Crippen molar-refractivity contribution in [3.05, 3.63) is 35.0 Å². The van der Waals surface area contributed by atoms with Crippen LogP contribution in [0, 0.1) is 5.41 Å². The van der Waals surface area contributed by atoms with Gasteiger partial charge in [0.25, 0.3) is 0 Å². The van der Waals surface area contributed by atoms with Gasteiger partial charge in [-0.05, 0) is 35.8 Å². The van der Waals surface area contributed by atoms with Crippen molar-refractivity contribution in [3.8, 4) is 5.75 Å². The highest BCUT2D eigenvalue weighted by atomic mass is 35.5. The first-order chi connectivity index (χ1) is 11.3. The summed E-state index contributed by atoms with van der Waals surface area (Å²) < 4.78 is 12.2. The summed E-state index contributed by atoms with van der Waals surface area (Å²) in [5.74, 6) is 1.90. The van der Waals surface area contributed by atoms with Gasteiger partial charge in [0.1, 0.15) is 11.3 Å². The highest BCUT2D eigenvalue weighted by molar-refractivity contribution is 8.22. The van der Waals surface area contributed by atoms with Crippen LogP contribution in [0.2, 0.25) is 5.02 Å². The molecule has 2 aromatic rings. The topological polar surface area (TPSA) is 31.4 Å². The molecule has 0 spiro atoms. The average Bonchev–Trinajstić information content (AvgIpc) is 2.93. The maximum atomic E-state index is 6.42. The summed E-state index contributed by atoms with van der Waals surface area (Å²) in [6, 6.07) is 5.85. The summed E-state index contributed by atoms with van der Waals surface area (Å²) in [6.07, 6.45) is 1.76. The lowest BCUT2D eigenvalue weighted by Gasteiger charge is -2.19. The summed E-state index contributed by atoms with van der Waals surface area (Å²) in [5, 5.41) is 1.64. The molecule has 3 rings (SSSR count). The monoisotopic (exact) mass is 381 g/mol. The summed E-state index contributed by atoms with van der Waals surface area (Å²) in [5.41, 5.74) is 2.04. The molecule has 1 aliphatic rings. The molecular formula is C18H20ClNO2S2. The van der Waals surface area contributed by atoms with Gasteiger partial charge in [0.15, 0.2) is 0 Å². The van der Waals surface area contributed by atoms with E-state index in [9.17, 15) is 0 Å². The number of benzene rings is 1. The Morgan fingerprint density at radius 1 is 1.50 bits per heavy atom. The summed E-state index contributed by atoms with van der Waals surface area (Å²) in [4.78, 5) is 4.43. The maximum absolute atomic E-state index is 6.42. The number of hydrogen-bond acceptors (Lipinski definition) is 5. The van der Waals surface area contributed by atoms with Gasteiger partial charge in [-0.2, -0.15) is 0 Å². The molecular weight excluding hydrogens is 362 g/mol. The molecule has 1 aromatic carbocycles. The third kappa shape index (κ3) is 3.95. The zero-order valence-corrected chi connectivity index (χ0v) is 16.4. The number of rotatable bonds is 3. The van der Waals surface area contributed by atoms with Crippen LogP contribution in [-0.2, 0) is 4.74 Å². The Morgan fingerprint density at radius 3 is 3.04 bits per heavy atom. The lowest BCUT2D eigenvalue weighted by atomic mass is 9.99. The standard InChI is InChI=1S/C18H20ClNO2S2/c1-18(2,3)10-22-17(23)24-9-11-8-21-16-13(11)7-14(19)12-5-4-6-20-15(12)16/h4-7,11H,8-10H2,1-3H3. The lowest BCUT2D eigenvalue weighted by molar-refractivity contribution is 0.197. The normalized spacial score (nSPS) is 16.8. The Kier molecular flexibility index (Phi) is 5.23. The van der Waals surface area contributed by atoms with E-state index < -0.39 is 0 Å². The van der Waals surface area contributed by atoms with Crippen LogP contribution >= 0.6 is 35.6 Å². The Bertz CT molecular complexity index is 773. The molecule has 0 bridgehead atoms. The number of nitrogens with zero attached hydrogens (tertiary/aromatic N) is 1. The van der Waals surface area contributed by atoms with Crippen molar-refractivity contribution < 1.29 is 9.47 Å². The third-order valence-corrected chi connectivity index (χ3v) is 5.43. The van der Waals surface area contributed by atoms with Gasteiger partial charge >= 0.3 is 0 Å². The van der Waals surface area contributed by atoms with Gasteiger partial charge < -0.3 is 9.47 Å². The largest absolute Gasteiger partial charge is 0.490 e. The van der Waals surface area contributed by atoms with Gasteiger partial charge in [0.2, 0.25) is 4.38 Å². The molecule has 0 saturated carbocycles. The second kappa shape index (κ2) is 7.06. The number of thiocarbonyl (C=S) groups is 1. The molecule has 24 heavy (non-hydrogen) atoms. The molecule has 0 fully saturated rings. The highest BCUT2D eigenvalue weighted by Crippen LogP contribution is 2.43. The Balaban J connectivity index is 1.70. The Labute approximate surface area is 157 Å². The molecule has 0 amide bonds. The quantitative estimate of drug-likeness (QED) is 0.660. The number of fused-ring (bicyclic) bond motifs is 3. The minimum absolute atomic E-state index is 0.103. The first-order valence-electron chi connectivity index (χ1n) is 7.84. The minimum atomic E-state index is 0.103. The molecule has 1 aromatic heterocycles. The van der Waals surface area contributed by atoms with E-state index in [0.717, 1.165) is 28.0 Å². The zero-order chi connectivity index (χ0) is 17.3.